The summed E-state index contributed by atoms with van der Waals surface area (Å²) < 4.78 is 2.77. The fourth-order valence-electron chi connectivity index (χ4n) is 2.76. The number of aromatic nitrogens is 3. The molecule has 1 aliphatic carbocycles. The van der Waals surface area contributed by atoms with Crippen molar-refractivity contribution in [3.63, 3.8) is 0 Å². The first-order valence-corrected chi connectivity index (χ1v) is 6.63. The molecule has 0 aliphatic heterocycles. The number of fused-ring (bicyclic) bond motifs is 1. The van der Waals surface area contributed by atoms with Gasteiger partial charge in [0, 0.05) is 6.04 Å². The standard InChI is InChI=1S/C13H16N4S.ClH/c14-8-12-15-16-13(18)17(12)11-6-5-9-3-1-2-4-10(9)7-11;/h1-4,11H,5-8,14H2,(H,16,18);1H. The third kappa shape index (κ3) is 2.59. The normalized spacial score (nSPS) is 17.6. The third-order valence-corrected chi connectivity index (χ3v) is 3.93. The number of rotatable bonds is 2. The molecule has 6 heteroatoms. The molecule has 0 amide bonds. The molecule has 3 rings (SSSR count). The molecule has 0 radical (unpaired) electrons. The molecule has 2 aromatic rings. The van der Waals surface area contributed by atoms with Crippen molar-refractivity contribution in [3.05, 3.63) is 46.0 Å². The van der Waals surface area contributed by atoms with Crippen molar-refractivity contribution in [2.24, 2.45) is 5.73 Å². The molecule has 1 aromatic heterocycles. The summed E-state index contributed by atoms with van der Waals surface area (Å²) in [5.74, 6) is 0.851. The highest BCUT2D eigenvalue weighted by Gasteiger charge is 2.22. The van der Waals surface area contributed by atoms with E-state index in [1.807, 2.05) is 0 Å². The van der Waals surface area contributed by atoms with E-state index in [0.717, 1.165) is 25.1 Å². The van der Waals surface area contributed by atoms with Crippen molar-refractivity contribution in [2.75, 3.05) is 0 Å². The number of nitrogens with zero attached hydrogens (tertiary/aromatic N) is 2. The fraction of sp³-hybridized carbons (Fsp3) is 0.385. The van der Waals surface area contributed by atoms with Crippen LogP contribution in [-0.4, -0.2) is 14.8 Å². The lowest BCUT2D eigenvalue weighted by Gasteiger charge is -2.26. The van der Waals surface area contributed by atoms with E-state index in [0.29, 0.717) is 17.4 Å². The molecule has 1 aliphatic rings. The molecule has 1 aromatic carbocycles. The summed E-state index contributed by atoms with van der Waals surface area (Å²) >= 11 is 5.31. The minimum Gasteiger partial charge on any atom is -0.324 e. The van der Waals surface area contributed by atoms with Crippen molar-refractivity contribution in [1.29, 1.82) is 0 Å². The van der Waals surface area contributed by atoms with Crippen LogP contribution in [0, 0.1) is 4.77 Å². The molecule has 1 atom stereocenters. The highest BCUT2D eigenvalue weighted by atomic mass is 35.5. The quantitative estimate of drug-likeness (QED) is 0.837. The van der Waals surface area contributed by atoms with Crippen molar-refractivity contribution >= 4 is 24.6 Å². The van der Waals surface area contributed by atoms with Crippen LogP contribution in [0.4, 0.5) is 0 Å². The van der Waals surface area contributed by atoms with Crippen molar-refractivity contribution in [1.82, 2.24) is 14.8 Å². The number of benzene rings is 1. The van der Waals surface area contributed by atoms with Gasteiger partial charge in [-0.3, -0.25) is 9.67 Å². The molecule has 0 spiro atoms. The first-order valence-electron chi connectivity index (χ1n) is 6.22. The Hall–Kier alpha value is -1.17. The molecule has 102 valence electrons. The molecule has 1 heterocycles. The maximum Gasteiger partial charge on any atom is 0.195 e. The number of aryl methyl sites for hydroxylation is 1. The van der Waals surface area contributed by atoms with Crippen LogP contribution >= 0.6 is 24.6 Å². The summed E-state index contributed by atoms with van der Waals surface area (Å²) in [4.78, 5) is 0. The zero-order valence-electron chi connectivity index (χ0n) is 10.5. The highest BCUT2D eigenvalue weighted by molar-refractivity contribution is 7.71. The van der Waals surface area contributed by atoms with Crippen molar-refractivity contribution < 1.29 is 0 Å². The van der Waals surface area contributed by atoms with Gasteiger partial charge in [0.15, 0.2) is 4.77 Å². The molecule has 0 fully saturated rings. The van der Waals surface area contributed by atoms with Gasteiger partial charge in [-0.15, -0.1) is 12.4 Å². The van der Waals surface area contributed by atoms with Gasteiger partial charge in [0.2, 0.25) is 0 Å². The maximum atomic E-state index is 5.72. The lowest BCUT2D eigenvalue weighted by molar-refractivity contribution is 0.425. The molecule has 3 N–H and O–H groups in total. The third-order valence-electron chi connectivity index (χ3n) is 3.65. The number of H-pyrrole nitrogens is 1. The van der Waals surface area contributed by atoms with Gasteiger partial charge in [0.1, 0.15) is 5.82 Å². The summed E-state index contributed by atoms with van der Waals surface area (Å²) in [6.07, 6.45) is 3.20. The van der Waals surface area contributed by atoms with E-state index in [2.05, 4.69) is 39.0 Å². The summed E-state index contributed by atoms with van der Waals surface area (Å²) in [6.45, 7) is 0.422. The van der Waals surface area contributed by atoms with Gasteiger partial charge in [-0.05, 0) is 42.6 Å². The van der Waals surface area contributed by atoms with Gasteiger partial charge in [-0.1, -0.05) is 24.3 Å². The lowest BCUT2D eigenvalue weighted by atomic mass is 9.88. The average Bonchev–Trinajstić information content (AvgIpc) is 2.79. The van der Waals surface area contributed by atoms with Crippen LogP contribution in [0.2, 0.25) is 0 Å². The molecule has 19 heavy (non-hydrogen) atoms. The van der Waals surface area contributed by atoms with Gasteiger partial charge in [0.25, 0.3) is 0 Å². The second kappa shape index (κ2) is 5.86. The SMILES string of the molecule is Cl.NCc1n[nH]c(=S)n1C1CCc2ccccc2C1. The number of nitrogens with one attached hydrogen (secondary N) is 1. The van der Waals surface area contributed by atoms with E-state index in [9.17, 15) is 0 Å². The van der Waals surface area contributed by atoms with Gasteiger partial charge in [0.05, 0.1) is 6.54 Å². The Balaban J connectivity index is 0.00000133. The Morgan fingerprint density at radius 3 is 2.84 bits per heavy atom. The first kappa shape index (κ1) is 14.2. The Labute approximate surface area is 123 Å². The summed E-state index contributed by atoms with van der Waals surface area (Å²) in [5.41, 5.74) is 8.59. The summed E-state index contributed by atoms with van der Waals surface area (Å²) in [6, 6.07) is 9.00. The average molecular weight is 297 g/mol. The molecule has 4 nitrogen and oxygen atoms in total. The molecule has 0 saturated heterocycles. The number of nitrogens with two attached hydrogens (primary N) is 1. The molecule has 0 bridgehead atoms. The predicted octanol–water partition coefficient (Wildman–Crippen LogP) is 2.55. The van der Waals surface area contributed by atoms with E-state index >= 15 is 0 Å². The van der Waals surface area contributed by atoms with Crippen LogP contribution in [0.1, 0.15) is 29.4 Å². The smallest absolute Gasteiger partial charge is 0.195 e. The second-order valence-electron chi connectivity index (χ2n) is 4.68. The van der Waals surface area contributed by atoms with Gasteiger partial charge in [-0.25, -0.2) is 0 Å². The zero-order valence-corrected chi connectivity index (χ0v) is 12.1. The number of halogens is 1. The van der Waals surface area contributed by atoms with Gasteiger partial charge < -0.3 is 5.73 Å². The number of aromatic amines is 1. The Morgan fingerprint density at radius 2 is 2.11 bits per heavy atom. The topological polar surface area (TPSA) is 59.6 Å². The summed E-state index contributed by atoms with van der Waals surface area (Å²) in [5, 5.41) is 7.03. The Morgan fingerprint density at radius 1 is 1.37 bits per heavy atom. The number of hydrogen-bond acceptors (Lipinski definition) is 3. The predicted molar refractivity (Wildman–Crippen MR) is 80.1 cm³/mol. The van der Waals surface area contributed by atoms with E-state index < -0.39 is 0 Å². The second-order valence-corrected chi connectivity index (χ2v) is 5.07. The number of hydrogen-bond donors (Lipinski definition) is 2. The minimum atomic E-state index is 0. The van der Waals surface area contributed by atoms with Crippen molar-refractivity contribution in [3.8, 4) is 0 Å². The van der Waals surface area contributed by atoms with E-state index in [1.54, 1.807) is 0 Å². The Bertz CT molecular complexity index is 619. The van der Waals surface area contributed by atoms with Crippen LogP contribution in [0.25, 0.3) is 0 Å². The van der Waals surface area contributed by atoms with Crippen LogP contribution in [0.15, 0.2) is 24.3 Å². The fourth-order valence-corrected chi connectivity index (χ4v) is 3.06. The maximum absolute atomic E-state index is 5.72. The van der Waals surface area contributed by atoms with Gasteiger partial charge in [-0.2, -0.15) is 5.10 Å². The van der Waals surface area contributed by atoms with Crippen LogP contribution < -0.4 is 5.73 Å². The largest absolute Gasteiger partial charge is 0.324 e. The monoisotopic (exact) mass is 296 g/mol. The van der Waals surface area contributed by atoms with Crippen LogP contribution in [0.5, 0.6) is 0 Å². The Kier molecular flexibility index (Phi) is 4.39. The molecule has 1 unspecified atom stereocenters. The first-order chi connectivity index (χ1) is 8.79. The van der Waals surface area contributed by atoms with Gasteiger partial charge >= 0.3 is 0 Å². The zero-order chi connectivity index (χ0) is 12.5. The van der Waals surface area contributed by atoms with E-state index in [1.165, 1.54) is 11.1 Å². The van der Waals surface area contributed by atoms with E-state index in [4.69, 9.17) is 18.0 Å². The van der Waals surface area contributed by atoms with Crippen molar-refractivity contribution in [2.45, 2.75) is 31.8 Å². The molecular formula is C13H17ClN4S. The minimum absolute atomic E-state index is 0. The molecule has 0 saturated carbocycles. The lowest BCUT2D eigenvalue weighted by Crippen LogP contribution is -2.21. The van der Waals surface area contributed by atoms with Crippen LogP contribution in [-0.2, 0) is 19.4 Å². The van der Waals surface area contributed by atoms with E-state index in [-0.39, 0.29) is 12.4 Å². The molecular weight excluding hydrogens is 280 g/mol. The highest BCUT2D eigenvalue weighted by Crippen LogP contribution is 2.29. The summed E-state index contributed by atoms with van der Waals surface area (Å²) in [7, 11) is 0. The van der Waals surface area contributed by atoms with Crippen LogP contribution in [0.3, 0.4) is 0 Å².